The van der Waals surface area contributed by atoms with Gasteiger partial charge < -0.3 is 9.64 Å². The number of ether oxygens (including phenoxy) is 1. The van der Waals surface area contributed by atoms with Crippen LogP contribution in [0.4, 0.5) is 17.1 Å². The lowest BCUT2D eigenvalue weighted by atomic mass is 9.88. The second-order valence-corrected chi connectivity index (χ2v) is 9.90. The van der Waals surface area contributed by atoms with Crippen LogP contribution in [-0.4, -0.2) is 30.8 Å². The molecular formula is C27H27N3O3S. The molecule has 3 aromatic carbocycles. The van der Waals surface area contributed by atoms with Crippen LogP contribution in [0, 0.1) is 10.1 Å². The summed E-state index contributed by atoms with van der Waals surface area (Å²) in [5.74, 6) is 0.783. The van der Waals surface area contributed by atoms with Crippen molar-refractivity contribution in [3.05, 3.63) is 88.0 Å². The third kappa shape index (κ3) is 4.84. The van der Waals surface area contributed by atoms with Gasteiger partial charge in [-0.3, -0.25) is 15.1 Å². The van der Waals surface area contributed by atoms with Crippen LogP contribution in [0.15, 0.2) is 81.5 Å². The van der Waals surface area contributed by atoms with Gasteiger partial charge in [0.15, 0.2) is 0 Å². The number of nitro groups is 1. The van der Waals surface area contributed by atoms with Gasteiger partial charge in [0.2, 0.25) is 0 Å². The van der Waals surface area contributed by atoms with Crippen LogP contribution in [0.1, 0.15) is 31.9 Å². The van der Waals surface area contributed by atoms with E-state index in [0.29, 0.717) is 0 Å². The normalized spacial score (nSPS) is 14.6. The molecule has 0 radical (unpaired) electrons. The summed E-state index contributed by atoms with van der Waals surface area (Å²) >= 11 is 1.55. The van der Waals surface area contributed by atoms with Gasteiger partial charge in [0, 0.05) is 58.1 Å². The van der Waals surface area contributed by atoms with Crippen molar-refractivity contribution in [3.63, 3.8) is 0 Å². The molecule has 1 aliphatic heterocycles. The van der Waals surface area contributed by atoms with Crippen molar-refractivity contribution in [1.82, 2.24) is 0 Å². The second-order valence-electron chi connectivity index (χ2n) is 8.76. The Labute approximate surface area is 204 Å². The van der Waals surface area contributed by atoms with Gasteiger partial charge in [0.1, 0.15) is 5.75 Å². The van der Waals surface area contributed by atoms with Crippen molar-refractivity contribution < 1.29 is 9.66 Å². The van der Waals surface area contributed by atoms with E-state index in [1.807, 2.05) is 30.5 Å². The molecule has 1 aliphatic rings. The van der Waals surface area contributed by atoms with Crippen molar-refractivity contribution in [2.75, 3.05) is 19.1 Å². The number of aliphatic imine (C=N–C) groups is 1. The zero-order valence-corrected chi connectivity index (χ0v) is 20.7. The zero-order chi connectivity index (χ0) is 24.5. The Kier molecular flexibility index (Phi) is 6.48. The van der Waals surface area contributed by atoms with E-state index in [2.05, 4.69) is 55.9 Å². The summed E-state index contributed by atoms with van der Waals surface area (Å²) in [7, 11) is 3.78. The Balaban J connectivity index is 1.53. The van der Waals surface area contributed by atoms with Crippen molar-refractivity contribution in [2.24, 2.45) is 4.99 Å². The predicted octanol–water partition coefficient (Wildman–Crippen LogP) is 7.14. The molecule has 0 spiro atoms. The minimum absolute atomic E-state index is 0.0636. The Hall–Kier alpha value is -3.58. The highest BCUT2D eigenvalue weighted by molar-refractivity contribution is 7.99. The van der Waals surface area contributed by atoms with Crippen molar-refractivity contribution in [2.45, 2.75) is 36.1 Å². The molecule has 7 heteroatoms. The Morgan fingerprint density at radius 1 is 1.06 bits per heavy atom. The zero-order valence-electron chi connectivity index (χ0n) is 19.9. The lowest BCUT2D eigenvalue weighted by molar-refractivity contribution is -0.384. The van der Waals surface area contributed by atoms with Gasteiger partial charge in [0.05, 0.1) is 23.3 Å². The van der Waals surface area contributed by atoms with E-state index in [-0.39, 0.29) is 11.2 Å². The molecule has 0 aliphatic carbocycles. The minimum atomic E-state index is -0.393. The lowest BCUT2D eigenvalue weighted by Gasteiger charge is -2.40. The van der Waals surface area contributed by atoms with Crippen LogP contribution in [0.2, 0.25) is 0 Å². The largest absolute Gasteiger partial charge is 0.496 e. The molecule has 0 bridgehead atoms. The SMILES string of the molecule is COc1cc2c(cc1C=Nc1ccc(Sc3ccc([N+](=O)[O-])cc3)cc1)C(C)=CC(C)(C)N2C. The van der Waals surface area contributed by atoms with Crippen LogP contribution < -0.4 is 9.64 Å². The maximum absolute atomic E-state index is 10.8. The molecule has 3 aromatic rings. The molecular weight excluding hydrogens is 446 g/mol. The molecule has 0 aromatic heterocycles. The molecule has 0 fully saturated rings. The van der Waals surface area contributed by atoms with Crippen LogP contribution in [0.3, 0.4) is 0 Å². The summed E-state index contributed by atoms with van der Waals surface area (Å²) in [5, 5.41) is 10.8. The molecule has 0 unspecified atom stereocenters. The number of nitrogens with zero attached hydrogens (tertiary/aromatic N) is 3. The lowest BCUT2D eigenvalue weighted by Crippen LogP contribution is -2.42. The fourth-order valence-electron chi connectivity index (χ4n) is 3.99. The topological polar surface area (TPSA) is 68.0 Å². The molecule has 1 heterocycles. The summed E-state index contributed by atoms with van der Waals surface area (Å²) in [6.45, 7) is 6.54. The van der Waals surface area contributed by atoms with Crippen molar-refractivity contribution in [3.8, 4) is 5.75 Å². The summed E-state index contributed by atoms with van der Waals surface area (Å²) in [5.41, 5.74) is 5.34. The second kappa shape index (κ2) is 9.35. The molecule has 0 N–H and O–H groups in total. The number of non-ortho nitro benzene ring substituents is 1. The van der Waals surface area contributed by atoms with Gasteiger partial charge in [0.25, 0.3) is 5.69 Å². The van der Waals surface area contributed by atoms with E-state index in [1.165, 1.54) is 23.3 Å². The first-order chi connectivity index (χ1) is 16.2. The highest BCUT2D eigenvalue weighted by Crippen LogP contribution is 2.41. The van der Waals surface area contributed by atoms with Gasteiger partial charge >= 0.3 is 0 Å². The van der Waals surface area contributed by atoms with Gasteiger partial charge in [-0.15, -0.1) is 0 Å². The number of methoxy groups -OCH3 is 1. The standard InChI is InChI=1S/C27H27N3O3S/c1-18-16-27(2,3)29(4)25-15-26(33-5)19(14-24(18)25)17-28-20-6-10-22(11-7-20)34-23-12-8-21(9-13-23)30(31)32/h6-17H,1-5H3. The molecule has 174 valence electrons. The third-order valence-electron chi connectivity index (χ3n) is 6.04. The van der Waals surface area contributed by atoms with E-state index in [9.17, 15) is 10.1 Å². The average molecular weight is 474 g/mol. The van der Waals surface area contributed by atoms with Crippen LogP contribution in [-0.2, 0) is 0 Å². The number of benzene rings is 3. The molecule has 0 atom stereocenters. The monoisotopic (exact) mass is 473 g/mol. The summed E-state index contributed by atoms with van der Waals surface area (Å²) < 4.78 is 5.68. The summed E-state index contributed by atoms with van der Waals surface area (Å²) in [6.07, 6.45) is 4.12. The highest BCUT2D eigenvalue weighted by Gasteiger charge is 2.29. The number of allylic oxidation sites excluding steroid dienone is 1. The van der Waals surface area contributed by atoms with Crippen LogP contribution >= 0.6 is 11.8 Å². The fraction of sp³-hybridized carbons (Fsp3) is 0.222. The van der Waals surface area contributed by atoms with Crippen molar-refractivity contribution >= 4 is 40.6 Å². The average Bonchev–Trinajstić information content (AvgIpc) is 2.82. The van der Waals surface area contributed by atoms with Crippen LogP contribution in [0.5, 0.6) is 5.75 Å². The first-order valence-electron chi connectivity index (χ1n) is 10.9. The maximum Gasteiger partial charge on any atom is 0.269 e. The fourth-order valence-corrected chi connectivity index (χ4v) is 4.80. The smallest absolute Gasteiger partial charge is 0.269 e. The Bertz CT molecular complexity index is 1280. The molecule has 4 rings (SSSR count). The molecule has 0 amide bonds. The third-order valence-corrected chi connectivity index (χ3v) is 7.06. The summed E-state index contributed by atoms with van der Waals surface area (Å²) in [6, 6.07) is 18.7. The number of nitro benzene ring substituents is 1. The number of anilines is 1. The van der Waals surface area contributed by atoms with Gasteiger partial charge in [-0.05, 0) is 68.8 Å². The maximum atomic E-state index is 10.8. The Morgan fingerprint density at radius 2 is 1.68 bits per heavy atom. The molecule has 0 saturated carbocycles. The number of likely N-dealkylation sites (N-methyl/N-ethyl adjacent to an activating group) is 1. The van der Waals surface area contributed by atoms with Gasteiger partial charge in [-0.1, -0.05) is 17.8 Å². The number of rotatable bonds is 6. The van der Waals surface area contributed by atoms with Crippen LogP contribution in [0.25, 0.3) is 5.57 Å². The first-order valence-corrected chi connectivity index (χ1v) is 11.7. The first kappa shape index (κ1) is 23.6. The molecule has 34 heavy (non-hydrogen) atoms. The number of fused-ring (bicyclic) bond motifs is 1. The minimum Gasteiger partial charge on any atom is -0.496 e. The van der Waals surface area contributed by atoms with E-state index in [1.54, 1.807) is 31.0 Å². The van der Waals surface area contributed by atoms with E-state index in [0.717, 1.165) is 32.5 Å². The quantitative estimate of drug-likeness (QED) is 0.216. The molecule has 0 saturated heterocycles. The number of hydrogen-bond acceptors (Lipinski definition) is 6. The van der Waals surface area contributed by atoms with Gasteiger partial charge in [-0.2, -0.15) is 0 Å². The van der Waals surface area contributed by atoms with E-state index < -0.39 is 4.92 Å². The highest BCUT2D eigenvalue weighted by atomic mass is 32.2. The summed E-state index contributed by atoms with van der Waals surface area (Å²) in [4.78, 5) is 19.3. The van der Waals surface area contributed by atoms with Crippen molar-refractivity contribution in [1.29, 1.82) is 0 Å². The van der Waals surface area contributed by atoms with E-state index >= 15 is 0 Å². The molecule has 6 nitrogen and oxygen atoms in total. The number of hydrogen-bond donors (Lipinski definition) is 0. The van der Waals surface area contributed by atoms with Gasteiger partial charge in [-0.25, -0.2) is 0 Å². The Morgan fingerprint density at radius 3 is 2.26 bits per heavy atom. The van der Waals surface area contributed by atoms with E-state index in [4.69, 9.17) is 4.74 Å². The predicted molar refractivity (Wildman–Crippen MR) is 140 cm³/mol.